The molecule has 0 aromatic heterocycles. The van der Waals surface area contributed by atoms with Gasteiger partial charge in [0.2, 0.25) is 0 Å². The lowest BCUT2D eigenvalue weighted by Crippen LogP contribution is -2.26. The maximum absolute atomic E-state index is 15.0. The van der Waals surface area contributed by atoms with E-state index in [0.29, 0.717) is 11.5 Å². The SMILES string of the molecule is C=C(CC)NCC1CC(=C)N(c2cc(F)c(C3C4CS(=O)(=O)CC43)cc2C)C1. The molecular formula is C22H29FN2O2S. The van der Waals surface area contributed by atoms with Crippen molar-refractivity contribution in [3.8, 4) is 0 Å². The number of fused-ring (bicyclic) bond motifs is 1. The standard InChI is InChI=1S/C22H29FN2O2S/c1-5-14(3)24-9-16-7-15(4)25(10-16)21-8-20(23)17(6-13(21)2)22-18-11-28(26,27)12-19(18)22/h6,8,16,18-19,22,24H,3-5,7,9-12H2,1-2H3. The number of nitrogens with one attached hydrogen (secondary N) is 1. The normalized spacial score (nSPS) is 30.4. The lowest BCUT2D eigenvalue weighted by atomic mass is 10.0. The lowest BCUT2D eigenvalue weighted by molar-refractivity contribution is 0.551. The van der Waals surface area contributed by atoms with E-state index in [4.69, 9.17) is 0 Å². The highest BCUT2D eigenvalue weighted by atomic mass is 32.2. The average molecular weight is 405 g/mol. The highest BCUT2D eigenvalue weighted by Crippen LogP contribution is 2.60. The van der Waals surface area contributed by atoms with Gasteiger partial charge in [-0.2, -0.15) is 0 Å². The molecule has 4 nitrogen and oxygen atoms in total. The summed E-state index contributed by atoms with van der Waals surface area (Å²) >= 11 is 0. The van der Waals surface area contributed by atoms with Gasteiger partial charge in [-0.15, -0.1) is 0 Å². The number of aryl methyl sites for hydroxylation is 1. The Kier molecular flexibility index (Phi) is 4.81. The number of nitrogens with zero attached hydrogens (tertiary/aromatic N) is 1. The van der Waals surface area contributed by atoms with Crippen molar-refractivity contribution in [3.63, 3.8) is 0 Å². The number of hydrogen-bond donors (Lipinski definition) is 1. The third-order valence-corrected chi connectivity index (χ3v) is 8.39. The van der Waals surface area contributed by atoms with Crippen LogP contribution in [-0.4, -0.2) is 33.0 Å². The third kappa shape index (κ3) is 3.47. The van der Waals surface area contributed by atoms with Crippen LogP contribution in [0.1, 0.15) is 36.8 Å². The monoisotopic (exact) mass is 404 g/mol. The molecule has 0 spiro atoms. The van der Waals surface area contributed by atoms with Crippen LogP contribution in [0.3, 0.4) is 0 Å². The maximum Gasteiger partial charge on any atom is 0.150 e. The van der Waals surface area contributed by atoms with Crippen molar-refractivity contribution in [1.29, 1.82) is 0 Å². The molecule has 1 aliphatic carbocycles. The first-order valence-electron chi connectivity index (χ1n) is 10.1. The fourth-order valence-corrected chi connectivity index (χ4v) is 7.19. The Morgan fingerprint density at radius 1 is 1.32 bits per heavy atom. The van der Waals surface area contributed by atoms with E-state index in [1.54, 1.807) is 6.07 Å². The van der Waals surface area contributed by atoms with Crippen LogP contribution < -0.4 is 10.2 Å². The number of sulfone groups is 1. The van der Waals surface area contributed by atoms with E-state index in [2.05, 4.69) is 30.3 Å². The summed E-state index contributed by atoms with van der Waals surface area (Å²) < 4.78 is 38.3. The van der Waals surface area contributed by atoms with Crippen molar-refractivity contribution < 1.29 is 12.8 Å². The van der Waals surface area contributed by atoms with E-state index in [-0.39, 0.29) is 35.1 Å². The molecule has 1 N–H and O–H groups in total. The Morgan fingerprint density at radius 3 is 2.64 bits per heavy atom. The summed E-state index contributed by atoms with van der Waals surface area (Å²) in [4.78, 5) is 2.13. The molecule has 0 amide bonds. The molecule has 3 unspecified atom stereocenters. The third-order valence-electron chi connectivity index (χ3n) is 6.60. The number of allylic oxidation sites excluding steroid dienone is 2. The fraction of sp³-hybridized carbons (Fsp3) is 0.545. The number of hydrogen-bond acceptors (Lipinski definition) is 4. The second-order valence-corrected chi connectivity index (χ2v) is 10.8. The molecule has 2 aliphatic heterocycles. The van der Waals surface area contributed by atoms with Gasteiger partial charge >= 0.3 is 0 Å². The second-order valence-electron chi connectivity index (χ2n) is 8.68. The predicted octanol–water partition coefficient (Wildman–Crippen LogP) is 3.75. The van der Waals surface area contributed by atoms with Crippen molar-refractivity contribution in [3.05, 3.63) is 53.6 Å². The first-order valence-corrected chi connectivity index (χ1v) is 11.9. The molecule has 1 aromatic rings. The van der Waals surface area contributed by atoms with Gasteiger partial charge in [-0.05, 0) is 60.6 Å². The minimum atomic E-state index is -2.91. The molecule has 2 saturated heterocycles. The Morgan fingerprint density at radius 2 is 2.00 bits per heavy atom. The molecule has 1 saturated carbocycles. The zero-order valence-corrected chi connectivity index (χ0v) is 17.5. The summed E-state index contributed by atoms with van der Waals surface area (Å²) in [6.45, 7) is 13.9. The molecule has 3 aliphatic rings. The minimum absolute atomic E-state index is 0.0649. The first-order chi connectivity index (χ1) is 13.2. The van der Waals surface area contributed by atoms with Gasteiger partial charge in [-0.25, -0.2) is 12.8 Å². The summed E-state index contributed by atoms with van der Waals surface area (Å²) in [6, 6.07) is 3.55. The molecule has 6 heteroatoms. The van der Waals surface area contributed by atoms with Crippen LogP contribution in [0, 0.1) is 30.5 Å². The van der Waals surface area contributed by atoms with E-state index in [9.17, 15) is 12.8 Å². The Bertz CT molecular complexity index is 922. The van der Waals surface area contributed by atoms with Crippen LogP contribution in [0.4, 0.5) is 10.1 Å². The van der Waals surface area contributed by atoms with Gasteiger partial charge in [0.1, 0.15) is 5.82 Å². The van der Waals surface area contributed by atoms with Crippen LogP contribution in [0.15, 0.2) is 36.7 Å². The van der Waals surface area contributed by atoms with Crippen molar-refractivity contribution in [2.24, 2.45) is 17.8 Å². The zero-order valence-electron chi connectivity index (χ0n) is 16.7. The molecule has 3 atom stereocenters. The van der Waals surface area contributed by atoms with Gasteiger partial charge in [-0.3, -0.25) is 0 Å². The van der Waals surface area contributed by atoms with Gasteiger partial charge < -0.3 is 10.2 Å². The highest BCUT2D eigenvalue weighted by molar-refractivity contribution is 7.91. The average Bonchev–Trinajstić information content (AvgIpc) is 2.96. The second kappa shape index (κ2) is 6.90. The largest absolute Gasteiger partial charge is 0.388 e. The van der Waals surface area contributed by atoms with Gasteiger partial charge in [0.15, 0.2) is 9.84 Å². The lowest BCUT2D eigenvalue weighted by Gasteiger charge is -2.23. The molecule has 0 radical (unpaired) electrons. The smallest absolute Gasteiger partial charge is 0.150 e. The van der Waals surface area contributed by atoms with Crippen molar-refractivity contribution in [1.82, 2.24) is 5.32 Å². The Balaban J connectivity index is 1.48. The Labute approximate surface area is 167 Å². The molecular weight excluding hydrogens is 375 g/mol. The van der Waals surface area contributed by atoms with Crippen LogP contribution >= 0.6 is 0 Å². The van der Waals surface area contributed by atoms with Crippen LogP contribution in [0.2, 0.25) is 0 Å². The topological polar surface area (TPSA) is 49.4 Å². The van der Waals surface area contributed by atoms with Crippen molar-refractivity contribution in [2.45, 2.75) is 32.6 Å². The number of anilines is 1. The van der Waals surface area contributed by atoms with Gasteiger partial charge in [0.25, 0.3) is 0 Å². The van der Waals surface area contributed by atoms with E-state index in [1.807, 2.05) is 13.0 Å². The predicted molar refractivity (Wildman–Crippen MR) is 112 cm³/mol. The number of rotatable bonds is 6. The van der Waals surface area contributed by atoms with Crippen LogP contribution in [0.5, 0.6) is 0 Å². The number of benzene rings is 1. The zero-order chi connectivity index (χ0) is 20.2. The van der Waals surface area contributed by atoms with Gasteiger partial charge in [-0.1, -0.05) is 26.1 Å². The van der Waals surface area contributed by atoms with E-state index >= 15 is 0 Å². The van der Waals surface area contributed by atoms with Gasteiger partial charge in [0, 0.05) is 30.2 Å². The molecule has 3 fully saturated rings. The molecule has 2 heterocycles. The van der Waals surface area contributed by atoms with E-state index < -0.39 is 9.84 Å². The number of halogens is 1. The Hall–Kier alpha value is -1.82. The molecule has 4 rings (SSSR count). The molecule has 28 heavy (non-hydrogen) atoms. The first kappa shape index (κ1) is 19.5. The minimum Gasteiger partial charge on any atom is -0.388 e. The molecule has 0 bridgehead atoms. The fourth-order valence-electron chi connectivity index (χ4n) is 4.97. The van der Waals surface area contributed by atoms with Crippen LogP contribution in [0.25, 0.3) is 0 Å². The summed E-state index contributed by atoms with van der Waals surface area (Å²) in [5.41, 5.74) is 4.64. The van der Waals surface area contributed by atoms with E-state index in [1.165, 1.54) is 0 Å². The van der Waals surface area contributed by atoms with Gasteiger partial charge in [0.05, 0.1) is 11.5 Å². The van der Waals surface area contributed by atoms with E-state index in [0.717, 1.165) is 48.6 Å². The molecule has 152 valence electrons. The van der Waals surface area contributed by atoms with Crippen LogP contribution in [-0.2, 0) is 9.84 Å². The maximum atomic E-state index is 15.0. The van der Waals surface area contributed by atoms with Crippen molar-refractivity contribution >= 4 is 15.5 Å². The summed E-state index contributed by atoms with van der Waals surface area (Å²) in [5.74, 6) is 0.904. The van der Waals surface area contributed by atoms with Crippen molar-refractivity contribution in [2.75, 3.05) is 29.5 Å². The highest BCUT2D eigenvalue weighted by Gasteiger charge is 2.59. The summed E-state index contributed by atoms with van der Waals surface area (Å²) in [7, 11) is -2.91. The molecule has 1 aromatic carbocycles. The summed E-state index contributed by atoms with van der Waals surface area (Å²) in [6.07, 6.45) is 1.80. The quantitative estimate of drug-likeness (QED) is 0.785. The summed E-state index contributed by atoms with van der Waals surface area (Å²) in [5, 5.41) is 3.37.